The Morgan fingerprint density at radius 2 is 1.90 bits per heavy atom. The molecule has 2 heterocycles. The number of halogens is 4. The smallest absolute Gasteiger partial charge is 0.454 e. The van der Waals surface area contributed by atoms with Crippen LogP contribution in [-0.4, -0.2) is 57.2 Å². The SMILES string of the molecule is CN=C(NCc1ccc2c(c1)OCO2)NC1CCN(S(=O)(=O)C(F)(F)F)CC1.I. The summed E-state index contributed by atoms with van der Waals surface area (Å²) in [6.07, 6.45) is 0.500. The number of hydrogen-bond acceptors (Lipinski definition) is 5. The highest BCUT2D eigenvalue weighted by Gasteiger charge is 2.50. The molecule has 0 spiro atoms. The molecule has 2 aliphatic heterocycles. The lowest BCUT2D eigenvalue weighted by Crippen LogP contribution is -2.51. The van der Waals surface area contributed by atoms with Gasteiger partial charge in [0.2, 0.25) is 6.79 Å². The lowest BCUT2D eigenvalue weighted by molar-refractivity contribution is -0.0494. The van der Waals surface area contributed by atoms with Crippen molar-refractivity contribution < 1.29 is 31.1 Å². The molecular weight excluding hydrogens is 528 g/mol. The Kier molecular flexibility index (Phi) is 7.84. The average molecular weight is 550 g/mol. The fraction of sp³-hybridized carbons (Fsp3) is 0.562. The molecule has 1 aromatic carbocycles. The van der Waals surface area contributed by atoms with E-state index in [4.69, 9.17) is 9.47 Å². The molecule has 0 aliphatic carbocycles. The van der Waals surface area contributed by atoms with Gasteiger partial charge in [-0.3, -0.25) is 4.99 Å². The Hall–Kier alpha value is -1.48. The minimum absolute atomic E-state index is 0. The first-order valence-electron chi connectivity index (χ1n) is 8.63. The number of piperidine rings is 1. The number of ether oxygens (including phenoxy) is 2. The predicted octanol–water partition coefficient (Wildman–Crippen LogP) is 2.01. The Morgan fingerprint density at radius 3 is 2.52 bits per heavy atom. The molecule has 29 heavy (non-hydrogen) atoms. The van der Waals surface area contributed by atoms with Crippen molar-refractivity contribution in [1.82, 2.24) is 14.9 Å². The van der Waals surface area contributed by atoms with Crippen LogP contribution in [0.15, 0.2) is 23.2 Å². The first kappa shape index (κ1) is 23.8. The molecule has 0 bridgehead atoms. The van der Waals surface area contributed by atoms with E-state index in [0.29, 0.717) is 28.3 Å². The summed E-state index contributed by atoms with van der Waals surface area (Å²) in [4.78, 5) is 4.10. The summed E-state index contributed by atoms with van der Waals surface area (Å²) in [5, 5.41) is 6.24. The van der Waals surface area contributed by atoms with E-state index in [0.717, 1.165) is 5.56 Å². The van der Waals surface area contributed by atoms with Crippen LogP contribution in [0, 0.1) is 0 Å². The molecule has 8 nitrogen and oxygen atoms in total. The molecule has 2 N–H and O–H groups in total. The molecule has 164 valence electrons. The van der Waals surface area contributed by atoms with Crippen molar-refractivity contribution in [2.75, 3.05) is 26.9 Å². The minimum atomic E-state index is -5.27. The number of rotatable bonds is 4. The van der Waals surface area contributed by atoms with Crippen molar-refractivity contribution >= 4 is 40.0 Å². The maximum atomic E-state index is 12.6. The molecule has 0 amide bonds. The highest BCUT2D eigenvalue weighted by molar-refractivity contribution is 14.0. The molecule has 1 aromatic rings. The number of benzene rings is 1. The Balaban J connectivity index is 0.00000300. The highest BCUT2D eigenvalue weighted by Crippen LogP contribution is 2.32. The molecule has 0 atom stereocenters. The average Bonchev–Trinajstić information content (AvgIpc) is 3.12. The van der Waals surface area contributed by atoms with Crippen LogP contribution in [-0.2, 0) is 16.6 Å². The summed E-state index contributed by atoms with van der Waals surface area (Å²) in [6, 6.07) is 5.37. The fourth-order valence-corrected chi connectivity index (χ4v) is 4.00. The van der Waals surface area contributed by atoms with Gasteiger partial charge in [-0.15, -0.1) is 24.0 Å². The van der Waals surface area contributed by atoms with E-state index in [1.54, 1.807) is 7.05 Å². The normalized spacial score (nSPS) is 18.3. The highest BCUT2D eigenvalue weighted by atomic mass is 127. The van der Waals surface area contributed by atoms with Gasteiger partial charge in [-0.05, 0) is 30.5 Å². The molecule has 1 fully saturated rings. The van der Waals surface area contributed by atoms with E-state index >= 15 is 0 Å². The Labute approximate surface area is 183 Å². The van der Waals surface area contributed by atoms with Crippen LogP contribution in [0.2, 0.25) is 0 Å². The third-order valence-corrected chi connectivity index (χ3v) is 6.18. The molecule has 0 radical (unpaired) electrons. The van der Waals surface area contributed by atoms with Gasteiger partial charge in [0.05, 0.1) is 0 Å². The van der Waals surface area contributed by atoms with Gasteiger partial charge in [-0.25, -0.2) is 8.42 Å². The second-order valence-corrected chi connectivity index (χ2v) is 8.31. The van der Waals surface area contributed by atoms with Crippen molar-refractivity contribution in [2.45, 2.75) is 30.9 Å². The number of nitrogens with zero attached hydrogens (tertiary/aromatic N) is 2. The molecule has 3 rings (SSSR count). The van der Waals surface area contributed by atoms with E-state index < -0.39 is 15.5 Å². The van der Waals surface area contributed by atoms with E-state index in [1.807, 2.05) is 18.2 Å². The monoisotopic (exact) mass is 550 g/mol. The summed E-state index contributed by atoms with van der Waals surface area (Å²) >= 11 is 0. The van der Waals surface area contributed by atoms with Gasteiger partial charge in [0.25, 0.3) is 0 Å². The molecule has 2 aliphatic rings. The van der Waals surface area contributed by atoms with Crippen molar-refractivity contribution in [3.63, 3.8) is 0 Å². The number of guanidine groups is 1. The Morgan fingerprint density at radius 1 is 1.24 bits per heavy atom. The van der Waals surface area contributed by atoms with Crippen molar-refractivity contribution in [3.8, 4) is 11.5 Å². The van der Waals surface area contributed by atoms with Gasteiger partial charge in [0.1, 0.15) is 0 Å². The van der Waals surface area contributed by atoms with Crippen molar-refractivity contribution in [1.29, 1.82) is 0 Å². The molecule has 13 heteroatoms. The van der Waals surface area contributed by atoms with Crippen LogP contribution < -0.4 is 20.1 Å². The lowest BCUT2D eigenvalue weighted by atomic mass is 10.1. The predicted molar refractivity (Wildman–Crippen MR) is 111 cm³/mol. The van der Waals surface area contributed by atoms with Gasteiger partial charge < -0.3 is 20.1 Å². The summed E-state index contributed by atoms with van der Waals surface area (Å²) in [7, 11) is -3.69. The zero-order valence-corrected chi connectivity index (χ0v) is 18.7. The van der Waals surface area contributed by atoms with Crippen LogP contribution in [0.25, 0.3) is 0 Å². The minimum Gasteiger partial charge on any atom is -0.454 e. The number of hydrogen-bond donors (Lipinski definition) is 2. The molecule has 1 saturated heterocycles. The first-order valence-corrected chi connectivity index (χ1v) is 10.1. The van der Waals surface area contributed by atoms with Gasteiger partial charge in [0, 0.05) is 32.7 Å². The molecular formula is C16H22F3IN4O4S. The number of alkyl halides is 3. The van der Waals surface area contributed by atoms with Gasteiger partial charge in [-0.2, -0.15) is 17.5 Å². The first-order chi connectivity index (χ1) is 13.2. The van der Waals surface area contributed by atoms with E-state index in [2.05, 4.69) is 15.6 Å². The second kappa shape index (κ2) is 9.55. The van der Waals surface area contributed by atoms with Crippen molar-refractivity contribution in [3.05, 3.63) is 23.8 Å². The second-order valence-electron chi connectivity index (χ2n) is 6.38. The number of sulfonamides is 1. The lowest BCUT2D eigenvalue weighted by Gasteiger charge is -2.32. The number of fused-ring (bicyclic) bond motifs is 1. The largest absolute Gasteiger partial charge is 0.511 e. The quantitative estimate of drug-likeness (QED) is 0.339. The maximum Gasteiger partial charge on any atom is 0.511 e. The van der Waals surface area contributed by atoms with Crippen LogP contribution in [0.4, 0.5) is 13.2 Å². The summed E-state index contributed by atoms with van der Waals surface area (Å²) in [5.74, 6) is 1.84. The van der Waals surface area contributed by atoms with E-state index in [9.17, 15) is 21.6 Å². The molecule has 0 saturated carbocycles. The summed E-state index contributed by atoms with van der Waals surface area (Å²) in [5.41, 5.74) is -4.33. The van der Waals surface area contributed by atoms with Gasteiger partial charge >= 0.3 is 15.5 Å². The maximum absolute atomic E-state index is 12.6. The summed E-state index contributed by atoms with van der Waals surface area (Å²) in [6.45, 7) is 0.257. The Bertz CT molecular complexity index is 843. The standard InChI is InChI=1S/C16H21F3N4O4S.HI/c1-20-15(21-9-11-2-3-13-14(8-11)27-10-26-13)22-12-4-6-23(7-5-12)28(24,25)16(17,18)19;/h2-3,8,12H,4-7,9-10H2,1H3,(H2,20,21,22);1H. The van der Waals surface area contributed by atoms with E-state index in [-0.39, 0.29) is 62.7 Å². The third-order valence-electron chi connectivity index (χ3n) is 4.55. The van der Waals surface area contributed by atoms with Crippen molar-refractivity contribution in [2.24, 2.45) is 4.99 Å². The van der Waals surface area contributed by atoms with Crippen LogP contribution >= 0.6 is 24.0 Å². The topological polar surface area (TPSA) is 92.3 Å². The summed E-state index contributed by atoms with van der Waals surface area (Å²) < 4.78 is 71.9. The van der Waals surface area contributed by atoms with E-state index in [1.165, 1.54) is 0 Å². The zero-order chi connectivity index (χ0) is 20.4. The van der Waals surface area contributed by atoms with Crippen LogP contribution in [0.3, 0.4) is 0 Å². The molecule has 0 aromatic heterocycles. The van der Waals surface area contributed by atoms with Gasteiger partial charge in [0.15, 0.2) is 17.5 Å². The molecule has 0 unspecified atom stereocenters. The number of nitrogens with one attached hydrogen (secondary N) is 2. The third kappa shape index (κ3) is 5.57. The zero-order valence-electron chi connectivity index (χ0n) is 15.5. The van der Waals surface area contributed by atoms with Crippen LogP contribution in [0.1, 0.15) is 18.4 Å². The van der Waals surface area contributed by atoms with Gasteiger partial charge in [-0.1, -0.05) is 6.07 Å². The van der Waals surface area contributed by atoms with Crippen LogP contribution in [0.5, 0.6) is 11.5 Å². The number of aliphatic imine (C=N–C) groups is 1. The fourth-order valence-electron chi connectivity index (χ4n) is 3.01.